The van der Waals surface area contributed by atoms with Crippen molar-refractivity contribution in [3.63, 3.8) is 0 Å². The molecule has 51 heavy (non-hydrogen) atoms. The van der Waals surface area contributed by atoms with E-state index in [4.69, 9.17) is 23.2 Å². The maximum Gasteiger partial charge on any atom is 0.315 e. The van der Waals surface area contributed by atoms with Crippen LogP contribution in [0.3, 0.4) is 0 Å². The van der Waals surface area contributed by atoms with Gasteiger partial charge >= 0.3 is 6.03 Å². The number of piperazine rings is 2. The number of nitrogens with zero attached hydrogens (tertiary/aromatic N) is 4. The Labute approximate surface area is 314 Å². The van der Waals surface area contributed by atoms with Crippen LogP contribution in [0.15, 0.2) is 53.9 Å². The molecule has 4 saturated heterocycles. The van der Waals surface area contributed by atoms with Crippen molar-refractivity contribution in [3.05, 3.63) is 91.1 Å². The van der Waals surface area contributed by atoms with Crippen LogP contribution in [0, 0.1) is 13.8 Å². The third-order valence-electron chi connectivity index (χ3n) is 10.4. The lowest BCUT2D eigenvalue weighted by Crippen LogP contribution is -2.62. The molecular weight excluding hydrogens is 707 g/mol. The van der Waals surface area contributed by atoms with Gasteiger partial charge in [-0.2, -0.15) is 0 Å². The number of fused-ring (bicyclic) bond motifs is 4. The molecule has 4 aliphatic rings. The molecule has 10 nitrogen and oxygen atoms in total. The molecule has 4 unspecified atom stereocenters. The predicted octanol–water partition coefficient (Wildman–Crippen LogP) is 5.69. The van der Waals surface area contributed by atoms with Gasteiger partial charge in [0.15, 0.2) is 0 Å². The van der Waals surface area contributed by atoms with Crippen molar-refractivity contribution in [1.29, 1.82) is 0 Å². The first-order valence-electron chi connectivity index (χ1n) is 17.7. The molecule has 5 heterocycles. The SMILES string of the molecule is CNC(=O)NC(Cc1cccs1)C(=O)N1CC2CCCC1CN2CCC(=O)N1CCN(C(=O)c2cc(C)cc(C)c2)CC1c1ccc(Cl)c(Cl)c1. The average Bonchev–Trinajstić information content (AvgIpc) is 3.45. The standard InChI is InChI=1S/C38H46Cl2N6O4S/c1-24-16-25(2)18-27(17-24)36(48)44-13-14-45(34(23-44)26-9-10-31(39)32(40)19-26)35(47)11-12-43-21-29-7-4-6-28(43)22-46(29)37(49)33(42-38(50)41-3)20-30-8-5-15-51-30/h5,8-10,15-19,28-29,33-34H,4,6-7,11-14,20-23H2,1-3H3,(H2,41,42,50). The van der Waals surface area contributed by atoms with Crippen LogP contribution in [0.4, 0.5) is 4.79 Å². The number of halogens is 2. The van der Waals surface area contributed by atoms with Gasteiger partial charge in [0.2, 0.25) is 11.8 Å². The molecule has 1 aromatic heterocycles. The largest absolute Gasteiger partial charge is 0.341 e. The summed E-state index contributed by atoms with van der Waals surface area (Å²) in [4.78, 5) is 63.2. The summed E-state index contributed by atoms with van der Waals surface area (Å²) in [5.74, 6) is -0.0949. The number of carbonyl (C=O) groups excluding carboxylic acids is 4. The van der Waals surface area contributed by atoms with E-state index in [0.29, 0.717) is 67.7 Å². The fourth-order valence-corrected chi connectivity index (χ4v) is 8.92. The van der Waals surface area contributed by atoms with E-state index in [1.54, 1.807) is 30.5 Å². The monoisotopic (exact) mass is 752 g/mol. The smallest absolute Gasteiger partial charge is 0.315 e. The van der Waals surface area contributed by atoms with Gasteiger partial charge in [-0.05, 0) is 74.4 Å². The number of amides is 5. The molecule has 4 aliphatic heterocycles. The molecule has 7 rings (SSSR count). The number of thiophene rings is 1. The van der Waals surface area contributed by atoms with Crippen LogP contribution in [0.5, 0.6) is 0 Å². The lowest BCUT2D eigenvalue weighted by Gasteiger charge is -2.45. The maximum absolute atomic E-state index is 14.1. The number of benzene rings is 2. The maximum atomic E-state index is 14.1. The zero-order valence-corrected chi connectivity index (χ0v) is 31.7. The van der Waals surface area contributed by atoms with E-state index in [1.807, 2.05) is 70.3 Å². The molecule has 0 radical (unpaired) electrons. The molecule has 5 amide bonds. The second-order valence-corrected chi connectivity index (χ2v) is 15.8. The van der Waals surface area contributed by atoms with Gasteiger partial charge in [0.25, 0.3) is 5.91 Å². The molecular formula is C38H46Cl2N6O4S. The zero-order chi connectivity index (χ0) is 36.2. The summed E-state index contributed by atoms with van der Waals surface area (Å²) in [6.45, 7) is 6.97. The van der Waals surface area contributed by atoms with E-state index >= 15 is 0 Å². The lowest BCUT2D eigenvalue weighted by atomic mass is 10.00. The van der Waals surface area contributed by atoms with Gasteiger partial charge in [0, 0.05) is 81.7 Å². The van der Waals surface area contributed by atoms with Gasteiger partial charge in [-0.15, -0.1) is 11.3 Å². The van der Waals surface area contributed by atoms with E-state index in [9.17, 15) is 19.2 Å². The summed E-state index contributed by atoms with van der Waals surface area (Å²) in [6.07, 6.45) is 3.59. The Kier molecular flexibility index (Phi) is 11.9. The van der Waals surface area contributed by atoms with Crippen molar-refractivity contribution >= 4 is 58.3 Å². The van der Waals surface area contributed by atoms with E-state index in [0.717, 1.165) is 40.8 Å². The number of urea groups is 1. The number of hydrogen-bond donors (Lipinski definition) is 2. The summed E-state index contributed by atoms with van der Waals surface area (Å²) >= 11 is 14.3. The summed E-state index contributed by atoms with van der Waals surface area (Å²) in [7, 11) is 1.55. The summed E-state index contributed by atoms with van der Waals surface area (Å²) in [6, 6.07) is 13.9. The number of hydrogen-bond acceptors (Lipinski definition) is 6. The Bertz CT molecular complexity index is 1740. The Morgan fingerprint density at radius 2 is 1.67 bits per heavy atom. The van der Waals surface area contributed by atoms with Gasteiger partial charge in [-0.25, -0.2) is 4.79 Å². The fraction of sp³-hybridized carbons (Fsp3) is 0.474. The second kappa shape index (κ2) is 16.4. The fourth-order valence-electron chi connectivity index (χ4n) is 7.86. The first-order valence-corrected chi connectivity index (χ1v) is 19.3. The number of carbonyl (C=O) groups is 4. The van der Waals surface area contributed by atoms with Crippen molar-refractivity contribution in [1.82, 2.24) is 30.2 Å². The minimum atomic E-state index is -0.656. The van der Waals surface area contributed by atoms with Crippen LogP contribution in [-0.2, 0) is 16.0 Å². The summed E-state index contributed by atoms with van der Waals surface area (Å²) < 4.78 is 0. The molecule has 0 saturated carbocycles. The average molecular weight is 754 g/mol. The first-order chi connectivity index (χ1) is 24.5. The number of nitrogens with one attached hydrogen (secondary N) is 2. The van der Waals surface area contributed by atoms with Crippen LogP contribution >= 0.6 is 34.5 Å². The highest BCUT2D eigenvalue weighted by molar-refractivity contribution is 7.09. The van der Waals surface area contributed by atoms with E-state index < -0.39 is 6.04 Å². The highest BCUT2D eigenvalue weighted by Gasteiger charge is 2.42. The van der Waals surface area contributed by atoms with Crippen molar-refractivity contribution in [2.75, 3.05) is 46.3 Å². The van der Waals surface area contributed by atoms with Crippen LogP contribution in [0.1, 0.15) is 63.7 Å². The second-order valence-electron chi connectivity index (χ2n) is 13.9. The summed E-state index contributed by atoms with van der Waals surface area (Å²) in [5.41, 5.74) is 3.54. The Morgan fingerprint density at radius 3 is 2.37 bits per heavy atom. The molecule has 0 aliphatic carbocycles. The topological polar surface area (TPSA) is 105 Å². The van der Waals surface area contributed by atoms with Crippen LogP contribution in [0.2, 0.25) is 10.0 Å². The van der Waals surface area contributed by atoms with Gasteiger partial charge in [-0.3, -0.25) is 19.3 Å². The van der Waals surface area contributed by atoms with Gasteiger partial charge in [0.1, 0.15) is 6.04 Å². The van der Waals surface area contributed by atoms with Crippen molar-refractivity contribution in [2.45, 2.75) is 70.1 Å². The number of aryl methyl sites for hydroxylation is 2. The third kappa shape index (κ3) is 8.71. The molecule has 3 aromatic rings. The van der Waals surface area contributed by atoms with Gasteiger partial charge < -0.3 is 25.3 Å². The Hall–Kier alpha value is -3.64. The molecule has 4 fully saturated rings. The molecule has 2 aromatic carbocycles. The van der Waals surface area contributed by atoms with Crippen LogP contribution in [-0.4, -0.2) is 108 Å². The predicted molar refractivity (Wildman–Crippen MR) is 201 cm³/mol. The number of rotatable bonds is 9. The molecule has 0 spiro atoms. The van der Waals surface area contributed by atoms with E-state index in [2.05, 4.69) is 15.5 Å². The van der Waals surface area contributed by atoms with Gasteiger partial charge in [-0.1, -0.05) is 52.5 Å². The quantitative estimate of drug-likeness (QED) is 0.292. The van der Waals surface area contributed by atoms with Crippen molar-refractivity contribution in [2.24, 2.45) is 0 Å². The van der Waals surface area contributed by atoms with Crippen LogP contribution in [0.25, 0.3) is 0 Å². The van der Waals surface area contributed by atoms with E-state index in [1.165, 1.54) is 0 Å². The third-order valence-corrected chi connectivity index (χ3v) is 12.0. The normalized spacial score (nSPS) is 21.3. The first kappa shape index (κ1) is 37.1. The van der Waals surface area contributed by atoms with E-state index in [-0.39, 0.29) is 41.9 Å². The summed E-state index contributed by atoms with van der Waals surface area (Å²) in [5, 5.41) is 8.28. The zero-order valence-electron chi connectivity index (χ0n) is 29.4. The molecule has 272 valence electrons. The van der Waals surface area contributed by atoms with Crippen LogP contribution < -0.4 is 10.6 Å². The Morgan fingerprint density at radius 1 is 0.902 bits per heavy atom. The lowest BCUT2D eigenvalue weighted by molar-refractivity contribution is -0.141. The van der Waals surface area contributed by atoms with Gasteiger partial charge in [0.05, 0.1) is 16.1 Å². The molecule has 2 N–H and O–H groups in total. The molecule has 13 heteroatoms. The Balaban J connectivity index is 1.13. The van der Waals surface area contributed by atoms with Crippen molar-refractivity contribution in [3.8, 4) is 0 Å². The highest BCUT2D eigenvalue weighted by atomic mass is 35.5. The highest BCUT2D eigenvalue weighted by Crippen LogP contribution is 2.33. The minimum absolute atomic E-state index is 0.00690. The van der Waals surface area contributed by atoms with Crippen molar-refractivity contribution < 1.29 is 19.2 Å². The molecule has 4 atom stereocenters. The minimum Gasteiger partial charge on any atom is -0.341 e. The molecule has 2 bridgehead atoms.